The van der Waals surface area contributed by atoms with Crippen LogP contribution in [0.4, 0.5) is 0 Å². The van der Waals surface area contributed by atoms with Crippen LogP contribution in [0.1, 0.15) is 52.9 Å². The van der Waals surface area contributed by atoms with Gasteiger partial charge in [-0.25, -0.2) is 0 Å². The fourth-order valence-corrected chi connectivity index (χ4v) is 2.90. The molecular formula is C15H28N2O3. The SMILES string of the molecule is CCCC(C)NC(=O)C(C)NCC1CCCC1C(=O)O. The second-order valence-electron chi connectivity index (χ2n) is 5.96. The van der Waals surface area contributed by atoms with Crippen LogP contribution >= 0.6 is 0 Å². The number of hydrogen-bond acceptors (Lipinski definition) is 3. The van der Waals surface area contributed by atoms with Crippen molar-refractivity contribution in [2.45, 2.75) is 65.0 Å². The molecule has 1 fully saturated rings. The minimum absolute atomic E-state index is 0.00387. The van der Waals surface area contributed by atoms with Crippen molar-refractivity contribution in [1.82, 2.24) is 10.6 Å². The molecule has 0 saturated heterocycles. The number of nitrogens with one attached hydrogen (secondary N) is 2. The van der Waals surface area contributed by atoms with E-state index in [1.165, 1.54) is 0 Å². The van der Waals surface area contributed by atoms with Gasteiger partial charge in [-0.3, -0.25) is 9.59 Å². The van der Waals surface area contributed by atoms with Crippen molar-refractivity contribution >= 4 is 11.9 Å². The standard InChI is InChI=1S/C15H28N2O3/c1-4-6-10(2)17-14(18)11(3)16-9-12-7-5-8-13(12)15(19)20/h10-13,16H,4-9H2,1-3H3,(H,17,18)(H,19,20). The molecule has 20 heavy (non-hydrogen) atoms. The molecule has 0 radical (unpaired) electrons. The highest BCUT2D eigenvalue weighted by Crippen LogP contribution is 2.31. The van der Waals surface area contributed by atoms with Crippen LogP contribution in [0.2, 0.25) is 0 Å². The topological polar surface area (TPSA) is 78.4 Å². The monoisotopic (exact) mass is 284 g/mol. The third kappa shape index (κ3) is 5.12. The summed E-state index contributed by atoms with van der Waals surface area (Å²) in [6, 6.07) is -0.0839. The number of carboxylic acids is 1. The van der Waals surface area contributed by atoms with E-state index in [-0.39, 0.29) is 29.8 Å². The third-order valence-corrected chi connectivity index (χ3v) is 4.17. The number of carboxylic acid groups (broad SMARTS) is 1. The summed E-state index contributed by atoms with van der Waals surface area (Å²) in [5.41, 5.74) is 0. The molecular weight excluding hydrogens is 256 g/mol. The zero-order valence-electron chi connectivity index (χ0n) is 12.8. The van der Waals surface area contributed by atoms with Crippen molar-refractivity contribution in [3.05, 3.63) is 0 Å². The molecule has 1 aliphatic carbocycles. The number of aliphatic carboxylic acids is 1. The molecule has 0 spiro atoms. The predicted octanol–water partition coefficient (Wildman–Crippen LogP) is 1.77. The maximum atomic E-state index is 12.0. The van der Waals surface area contributed by atoms with Gasteiger partial charge in [0.1, 0.15) is 0 Å². The molecule has 0 aromatic heterocycles. The maximum Gasteiger partial charge on any atom is 0.306 e. The highest BCUT2D eigenvalue weighted by Gasteiger charge is 2.33. The Hall–Kier alpha value is -1.10. The molecule has 5 heteroatoms. The number of carbonyl (C=O) groups is 2. The summed E-state index contributed by atoms with van der Waals surface area (Å²) in [6.45, 7) is 6.54. The molecule has 0 aromatic rings. The van der Waals surface area contributed by atoms with Crippen LogP contribution in [-0.4, -0.2) is 35.6 Å². The predicted molar refractivity (Wildman–Crippen MR) is 78.4 cm³/mol. The minimum atomic E-state index is -0.706. The summed E-state index contributed by atoms with van der Waals surface area (Å²) in [5.74, 6) is -0.814. The van der Waals surface area contributed by atoms with Crippen LogP contribution in [0.5, 0.6) is 0 Å². The highest BCUT2D eigenvalue weighted by molar-refractivity contribution is 5.81. The second-order valence-corrected chi connectivity index (χ2v) is 5.96. The van der Waals surface area contributed by atoms with Crippen LogP contribution in [0.15, 0.2) is 0 Å². The minimum Gasteiger partial charge on any atom is -0.481 e. The Bertz CT molecular complexity index is 333. The lowest BCUT2D eigenvalue weighted by atomic mass is 9.96. The first kappa shape index (κ1) is 17.0. The van der Waals surface area contributed by atoms with E-state index in [1.807, 2.05) is 13.8 Å². The molecule has 4 atom stereocenters. The van der Waals surface area contributed by atoms with E-state index in [9.17, 15) is 9.59 Å². The lowest BCUT2D eigenvalue weighted by Crippen LogP contribution is -2.47. The largest absolute Gasteiger partial charge is 0.481 e. The van der Waals surface area contributed by atoms with E-state index in [0.717, 1.165) is 32.1 Å². The van der Waals surface area contributed by atoms with Gasteiger partial charge in [-0.2, -0.15) is 0 Å². The van der Waals surface area contributed by atoms with Crippen LogP contribution in [0.25, 0.3) is 0 Å². The van der Waals surface area contributed by atoms with Crippen molar-refractivity contribution in [2.75, 3.05) is 6.54 Å². The van der Waals surface area contributed by atoms with E-state index < -0.39 is 5.97 Å². The van der Waals surface area contributed by atoms with Gasteiger partial charge in [0.25, 0.3) is 0 Å². The number of amides is 1. The molecule has 1 saturated carbocycles. The van der Waals surface area contributed by atoms with E-state index in [0.29, 0.717) is 6.54 Å². The van der Waals surface area contributed by atoms with Crippen LogP contribution in [-0.2, 0) is 9.59 Å². The number of hydrogen-bond donors (Lipinski definition) is 3. The van der Waals surface area contributed by atoms with E-state index in [1.54, 1.807) is 0 Å². The summed E-state index contributed by atoms with van der Waals surface area (Å²) < 4.78 is 0. The Morgan fingerprint density at radius 3 is 2.60 bits per heavy atom. The molecule has 1 amide bonds. The Labute approximate surface area is 121 Å². The number of rotatable bonds is 8. The van der Waals surface area contributed by atoms with Gasteiger partial charge in [0.05, 0.1) is 12.0 Å². The normalized spacial score (nSPS) is 25.1. The third-order valence-electron chi connectivity index (χ3n) is 4.17. The van der Waals surface area contributed by atoms with Gasteiger partial charge in [0.2, 0.25) is 5.91 Å². The molecule has 4 unspecified atom stereocenters. The van der Waals surface area contributed by atoms with Crippen LogP contribution in [0.3, 0.4) is 0 Å². The van der Waals surface area contributed by atoms with Crippen molar-refractivity contribution in [1.29, 1.82) is 0 Å². The van der Waals surface area contributed by atoms with Crippen LogP contribution in [0, 0.1) is 11.8 Å². The van der Waals surface area contributed by atoms with Crippen LogP contribution < -0.4 is 10.6 Å². The summed E-state index contributed by atoms with van der Waals surface area (Å²) in [5, 5.41) is 15.3. The zero-order valence-corrected chi connectivity index (χ0v) is 12.8. The quantitative estimate of drug-likeness (QED) is 0.635. The molecule has 0 aromatic carbocycles. The van der Waals surface area contributed by atoms with Gasteiger partial charge in [-0.05, 0) is 45.6 Å². The summed E-state index contributed by atoms with van der Waals surface area (Å²) >= 11 is 0. The summed E-state index contributed by atoms with van der Waals surface area (Å²) in [6.07, 6.45) is 4.69. The molecule has 1 rings (SSSR count). The fourth-order valence-electron chi connectivity index (χ4n) is 2.90. The average Bonchev–Trinajstić information content (AvgIpc) is 2.84. The van der Waals surface area contributed by atoms with Gasteiger partial charge in [-0.1, -0.05) is 19.8 Å². The maximum absolute atomic E-state index is 12.0. The lowest BCUT2D eigenvalue weighted by Gasteiger charge is -2.21. The lowest BCUT2D eigenvalue weighted by molar-refractivity contribution is -0.142. The Morgan fingerprint density at radius 1 is 1.30 bits per heavy atom. The first-order valence-corrected chi connectivity index (χ1v) is 7.72. The van der Waals surface area contributed by atoms with Crippen molar-refractivity contribution < 1.29 is 14.7 Å². The first-order valence-electron chi connectivity index (χ1n) is 7.72. The van der Waals surface area contributed by atoms with Crippen molar-refractivity contribution in [2.24, 2.45) is 11.8 Å². The Morgan fingerprint density at radius 2 is 2.00 bits per heavy atom. The smallest absolute Gasteiger partial charge is 0.306 e. The molecule has 0 aliphatic heterocycles. The molecule has 5 nitrogen and oxygen atoms in total. The van der Waals surface area contributed by atoms with Gasteiger partial charge in [-0.15, -0.1) is 0 Å². The highest BCUT2D eigenvalue weighted by atomic mass is 16.4. The fraction of sp³-hybridized carbons (Fsp3) is 0.867. The first-order chi connectivity index (χ1) is 9.45. The van der Waals surface area contributed by atoms with E-state index >= 15 is 0 Å². The Balaban J connectivity index is 2.33. The molecule has 0 heterocycles. The van der Waals surface area contributed by atoms with E-state index in [4.69, 9.17) is 5.11 Å². The number of carbonyl (C=O) groups excluding carboxylic acids is 1. The molecule has 116 valence electrons. The summed E-state index contributed by atoms with van der Waals surface area (Å²) in [4.78, 5) is 23.1. The molecule has 1 aliphatic rings. The molecule has 0 bridgehead atoms. The summed E-state index contributed by atoms with van der Waals surface area (Å²) in [7, 11) is 0. The Kier molecular flexibility index (Phi) is 6.99. The van der Waals surface area contributed by atoms with Gasteiger partial charge >= 0.3 is 5.97 Å². The zero-order chi connectivity index (χ0) is 15.1. The second kappa shape index (κ2) is 8.25. The molecule has 3 N–H and O–H groups in total. The van der Waals surface area contributed by atoms with E-state index in [2.05, 4.69) is 17.6 Å². The van der Waals surface area contributed by atoms with Gasteiger partial charge < -0.3 is 15.7 Å². The average molecular weight is 284 g/mol. The van der Waals surface area contributed by atoms with Gasteiger partial charge in [0, 0.05) is 6.04 Å². The van der Waals surface area contributed by atoms with Crippen molar-refractivity contribution in [3.63, 3.8) is 0 Å². The van der Waals surface area contributed by atoms with Crippen molar-refractivity contribution in [3.8, 4) is 0 Å². The van der Waals surface area contributed by atoms with Gasteiger partial charge in [0.15, 0.2) is 0 Å².